The van der Waals surface area contributed by atoms with E-state index in [1.54, 1.807) is 0 Å². The lowest BCUT2D eigenvalue weighted by molar-refractivity contribution is -0.182. The van der Waals surface area contributed by atoms with Crippen molar-refractivity contribution < 1.29 is 27.5 Å². The minimum atomic E-state index is -4.82. The maximum Gasteiger partial charge on any atom is 0.419 e. The molecule has 0 aromatic carbocycles. The van der Waals surface area contributed by atoms with Crippen molar-refractivity contribution in [3.63, 3.8) is 0 Å². The molecular formula is C7H10F4O2. The van der Waals surface area contributed by atoms with Gasteiger partial charge in [0.15, 0.2) is 6.17 Å². The normalized spacial score (nSPS) is 14.2. The first-order valence-electron chi connectivity index (χ1n) is 3.76. The maximum atomic E-state index is 12.2. The zero-order chi connectivity index (χ0) is 10.5. The SMILES string of the molecule is O=C(O)CCCCC(F)C(F)(F)F. The summed E-state index contributed by atoms with van der Waals surface area (Å²) < 4.78 is 46.8. The molecular weight excluding hydrogens is 192 g/mol. The number of hydrogen-bond donors (Lipinski definition) is 1. The highest BCUT2D eigenvalue weighted by molar-refractivity contribution is 5.66. The second kappa shape index (κ2) is 5.04. The van der Waals surface area contributed by atoms with Crippen LogP contribution in [-0.2, 0) is 4.79 Å². The van der Waals surface area contributed by atoms with Gasteiger partial charge in [-0.05, 0) is 19.3 Å². The summed E-state index contributed by atoms with van der Waals surface area (Å²) in [6.45, 7) is 0. The van der Waals surface area contributed by atoms with Gasteiger partial charge in [0.2, 0.25) is 0 Å². The van der Waals surface area contributed by atoms with Crippen molar-refractivity contribution in [1.82, 2.24) is 0 Å². The quantitative estimate of drug-likeness (QED) is 0.549. The number of alkyl halides is 4. The highest BCUT2D eigenvalue weighted by Crippen LogP contribution is 2.26. The summed E-state index contributed by atoms with van der Waals surface area (Å²) in [5.41, 5.74) is 0. The molecule has 2 nitrogen and oxygen atoms in total. The molecule has 1 atom stereocenters. The fourth-order valence-electron chi connectivity index (χ4n) is 0.763. The molecule has 6 heteroatoms. The average molecular weight is 202 g/mol. The number of halogens is 4. The van der Waals surface area contributed by atoms with E-state index in [-0.39, 0.29) is 19.3 Å². The van der Waals surface area contributed by atoms with E-state index in [1.807, 2.05) is 0 Å². The lowest BCUT2D eigenvalue weighted by atomic mass is 10.1. The van der Waals surface area contributed by atoms with E-state index in [0.717, 1.165) is 0 Å². The third-order valence-corrected chi connectivity index (χ3v) is 1.45. The monoisotopic (exact) mass is 202 g/mol. The number of aliphatic carboxylic acids is 1. The molecule has 0 bridgehead atoms. The van der Waals surface area contributed by atoms with Crippen LogP contribution in [-0.4, -0.2) is 23.4 Å². The Hall–Kier alpha value is -0.810. The van der Waals surface area contributed by atoms with Crippen LogP contribution in [0.3, 0.4) is 0 Å². The van der Waals surface area contributed by atoms with Crippen LogP contribution in [0.15, 0.2) is 0 Å². The van der Waals surface area contributed by atoms with Crippen LogP contribution in [0.4, 0.5) is 17.6 Å². The molecule has 0 aliphatic carbocycles. The standard InChI is InChI=1S/C7H10F4O2/c8-5(7(9,10)11)3-1-2-4-6(12)13/h5H,1-4H2,(H,12,13). The third kappa shape index (κ3) is 6.36. The lowest BCUT2D eigenvalue weighted by Crippen LogP contribution is -2.24. The van der Waals surface area contributed by atoms with E-state index in [9.17, 15) is 22.4 Å². The molecule has 0 spiro atoms. The molecule has 0 saturated heterocycles. The minimum Gasteiger partial charge on any atom is -0.481 e. The number of unbranched alkanes of at least 4 members (excludes halogenated alkanes) is 1. The van der Waals surface area contributed by atoms with Gasteiger partial charge in [0.25, 0.3) is 0 Å². The Morgan fingerprint density at radius 1 is 1.31 bits per heavy atom. The molecule has 1 N–H and O–H groups in total. The summed E-state index contributed by atoms with van der Waals surface area (Å²) in [6, 6.07) is 0. The van der Waals surface area contributed by atoms with E-state index in [1.165, 1.54) is 0 Å². The smallest absolute Gasteiger partial charge is 0.419 e. The van der Waals surface area contributed by atoms with Gasteiger partial charge in [-0.3, -0.25) is 4.79 Å². The molecule has 0 radical (unpaired) electrons. The Balaban J connectivity index is 3.49. The predicted octanol–water partition coefficient (Wildman–Crippen LogP) is 2.53. The van der Waals surface area contributed by atoms with Crippen LogP contribution in [0.5, 0.6) is 0 Å². The molecule has 0 aromatic heterocycles. The number of rotatable bonds is 5. The topological polar surface area (TPSA) is 37.3 Å². The Kier molecular flexibility index (Phi) is 4.72. The predicted molar refractivity (Wildman–Crippen MR) is 37.1 cm³/mol. The van der Waals surface area contributed by atoms with E-state index in [4.69, 9.17) is 5.11 Å². The van der Waals surface area contributed by atoms with E-state index < -0.39 is 24.7 Å². The maximum absolute atomic E-state index is 12.2. The van der Waals surface area contributed by atoms with E-state index in [2.05, 4.69) is 0 Å². The number of carboxylic acids is 1. The van der Waals surface area contributed by atoms with Gasteiger partial charge in [-0.15, -0.1) is 0 Å². The molecule has 0 aliphatic heterocycles. The minimum absolute atomic E-state index is 0.0625. The number of hydrogen-bond acceptors (Lipinski definition) is 1. The van der Waals surface area contributed by atoms with Gasteiger partial charge in [0, 0.05) is 6.42 Å². The second-order valence-corrected chi connectivity index (χ2v) is 2.65. The summed E-state index contributed by atoms with van der Waals surface area (Å²) >= 11 is 0. The molecule has 0 rings (SSSR count). The highest BCUT2D eigenvalue weighted by Gasteiger charge is 2.39. The number of carbonyl (C=O) groups is 1. The van der Waals surface area contributed by atoms with Crippen molar-refractivity contribution in [2.75, 3.05) is 0 Å². The van der Waals surface area contributed by atoms with Gasteiger partial charge >= 0.3 is 12.1 Å². The molecule has 13 heavy (non-hydrogen) atoms. The largest absolute Gasteiger partial charge is 0.481 e. The molecule has 0 aromatic rings. The van der Waals surface area contributed by atoms with Gasteiger partial charge in [-0.1, -0.05) is 0 Å². The summed E-state index contributed by atoms with van der Waals surface area (Å²) in [4.78, 5) is 9.92. The van der Waals surface area contributed by atoms with Gasteiger partial charge in [-0.25, -0.2) is 4.39 Å². The van der Waals surface area contributed by atoms with E-state index >= 15 is 0 Å². The fraction of sp³-hybridized carbons (Fsp3) is 0.857. The van der Waals surface area contributed by atoms with Crippen molar-refractivity contribution >= 4 is 5.97 Å². The molecule has 1 unspecified atom stereocenters. The van der Waals surface area contributed by atoms with Crippen LogP contribution >= 0.6 is 0 Å². The van der Waals surface area contributed by atoms with Gasteiger partial charge < -0.3 is 5.11 Å². The Bertz CT molecular complexity index is 166. The Morgan fingerprint density at radius 3 is 2.23 bits per heavy atom. The molecule has 0 heterocycles. The molecule has 0 saturated carbocycles. The Morgan fingerprint density at radius 2 is 1.85 bits per heavy atom. The van der Waals surface area contributed by atoms with E-state index in [0.29, 0.717) is 0 Å². The Labute approximate surface area is 72.5 Å². The molecule has 78 valence electrons. The fourth-order valence-corrected chi connectivity index (χ4v) is 0.763. The van der Waals surface area contributed by atoms with Crippen molar-refractivity contribution in [3.8, 4) is 0 Å². The third-order valence-electron chi connectivity index (χ3n) is 1.45. The summed E-state index contributed by atoms with van der Waals surface area (Å²) in [5, 5.41) is 8.12. The molecule has 0 amide bonds. The van der Waals surface area contributed by atoms with Crippen molar-refractivity contribution in [2.24, 2.45) is 0 Å². The summed E-state index contributed by atoms with van der Waals surface area (Å²) in [5.74, 6) is -1.08. The molecule has 0 aliphatic rings. The molecule has 0 fully saturated rings. The van der Waals surface area contributed by atoms with Crippen molar-refractivity contribution in [3.05, 3.63) is 0 Å². The van der Waals surface area contributed by atoms with Crippen LogP contribution in [0.1, 0.15) is 25.7 Å². The van der Waals surface area contributed by atoms with Crippen LogP contribution < -0.4 is 0 Å². The van der Waals surface area contributed by atoms with Gasteiger partial charge in [-0.2, -0.15) is 13.2 Å². The first-order valence-corrected chi connectivity index (χ1v) is 3.76. The zero-order valence-corrected chi connectivity index (χ0v) is 6.77. The zero-order valence-electron chi connectivity index (χ0n) is 6.77. The van der Waals surface area contributed by atoms with Crippen LogP contribution in [0.2, 0.25) is 0 Å². The second-order valence-electron chi connectivity index (χ2n) is 2.65. The van der Waals surface area contributed by atoms with Gasteiger partial charge in [0.05, 0.1) is 0 Å². The summed E-state index contributed by atoms with van der Waals surface area (Å²) in [7, 11) is 0. The number of carboxylic acid groups (broad SMARTS) is 1. The first kappa shape index (κ1) is 12.2. The van der Waals surface area contributed by atoms with Crippen LogP contribution in [0.25, 0.3) is 0 Å². The van der Waals surface area contributed by atoms with Crippen molar-refractivity contribution in [1.29, 1.82) is 0 Å². The lowest BCUT2D eigenvalue weighted by Gasteiger charge is -2.10. The van der Waals surface area contributed by atoms with Crippen molar-refractivity contribution in [2.45, 2.75) is 38.0 Å². The summed E-state index contributed by atoms with van der Waals surface area (Å²) in [6.07, 6.45) is -8.51. The first-order chi connectivity index (χ1) is 5.84. The van der Waals surface area contributed by atoms with Gasteiger partial charge in [0.1, 0.15) is 0 Å². The van der Waals surface area contributed by atoms with Crippen LogP contribution in [0, 0.1) is 0 Å². The average Bonchev–Trinajstić information content (AvgIpc) is 1.95. The highest BCUT2D eigenvalue weighted by atomic mass is 19.4.